The van der Waals surface area contributed by atoms with Gasteiger partial charge in [-0.15, -0.1) is 0 Å². The van der Waals surface area contributed by atoms with Gasteiger partial charge in [0, 0.05) is 25.2 Å². The Bertz CT molecular complexity index is 1380. The minimum atomic E-state index is -0.915. The van der Waals surface area contributed by atoms with E-state index in [2.05, 4.69) is 143 Å². The van der Waals surface area contributed by atoms with Gasteiger partial charge in [0.2, 0.25) is 0 Å². The number of nitrogens with one attached hydrogen (secondary N) is 1. The molecule has 2 heterocycles. The van der Waals surface area contributed by atoms with Crippen LogP contribution in [-0.4, -0.2) is 41.8 Å². The van der Waals surface area contributed by atoms with Crippen LogP contribution in [0.1, 0.15) is 11.1 Å². The van der Waals surface area contributed by atoms with Crippen molar-refractivity contribution in [3.63, 3.8) is 0 Å². The van der Waals surface area contributed by atoms with Gasteiger partial charge in [-0.05, 0) is 67.3 Å². The zero-order valence-corrected chi connectivity index (χ0v) is 26.9. The van der Waals surface area contributed by atoms with Crippen molar-refractivity contribution in [1.82, 2.24) is 15.1 Å². The molecule has 40 heavy (non-hydrogen) atoms. The first-order valence-electron chi connectivity index (χ1n) is 14.1. The molecule has 2 aliphatic rings. The Morgan fingerprint density at radius 3 is 1.70 bits per heavy atom. The number of rotatable bonds is 2. The average molecular weight is 654 g/mol. The quantitative estimate of drug-likeness (QED) is 0.200. The third-order valence-electron chi connectivity index (χ3n) is 7.77. The zero-order valence-electron chi connectivity index (χ0n) is 22.9. The summed E-state index contributed by atoms with van der Waals surface area (Å²) in [6.07, 6.45) is 7.91. The van der Waals surface area contributed by atoms with Gasteiger partial charge in [0.1, 0.15) is 5.30 Å². The van der Waals surface area contributed by atoms with E-state index in [1.54, 1.807) is 10.6 Å². The van der Waals surface area contributed by atoms with Crippen LogP contribution in [0.25, 0.3) is 0 Å². The van der Waals surface area contributed by atoms with Gasteiger partial charge in [-0.3, -0.25) is 0 Å². The normalized spacial score (nSPS) is 19.7. The second kappa shape index (κ2) is 14.5. The van der Waals surface area contributed by atoms with Gasteiger partial charge in [0.05, 0.1) is 44.1 Å². The first-order valence-corrected chi connectivity index (χ1v) is 17.5. The number of hydrogen-bond acceptors (Lipinski definition) is 3. The fraction of sp³-hybridized carbons (Fsp3) is 0.206. The van der Waals surface area contributed by atoms with Crippen LogP contribution in [0.2, 0.25) is 0 Å². The molecule has 3 nitrogen and oxygen atoms in total. The summed E-state index contributed by atoms with van der Waals surface area (Å²) in [7, 11) is -1.80. The van der Waals surface area contributed by atoms with Crippen molar-refractivity contribution >= 4 is 37.1 Å². The van der Waals surface area contributed by atoms with Gasteiger partial charge in [0.25, 0.3) is 0 Å². The maximum absolute atomic E-state index is 3.88. The van der Waals surface area contributed by atoms with E-state index in [1.165, 1.54) is 34.1 Å². The van der Waals surface area contributed by atoms with E-state index >= 15 is 0 Å². The molecule has 0 saturated heterocycles. The molecule has 2 bridgehead atoms. The van der Waals surface area contributed by atoms with Crippen LogP contribution in [0.15, 0.2) is 122 Å². The fourth-order valence-corrected chi connectivity index (χ4v) is 11.3. The Morgan fingerprint density at radius 1 is 0.575 bits per heavy atom. The van der Waals surface area contributed by atoms with Crippen LogP contribution >= 0.6 is 15.8 Å². The van der Waals surface area contributed by atoms with E-state index in [9.17, 15) is 0 Å². The molecule has 2 atom stereocenters. The standard InChI is InChI=1S/C34H36N3P2.Ru.2H/c1-3-13-31(14-4-1)38-25-20-35-21-26-39(32-15-5-2-6-16-32)34-18-10-8-12-30(34)27-37-24-23-36(28-37)22-19-29-11-7-9-17-33(29)38;;;/h1-18,23-24,28,35H,19-22,25-27H2;;;/q-1;+2;;/p+2. The molecule has 6 rings (SSSR count). The third kappa shape index (κ3) is 7.10. The molecule has 4 aromatic carbocycles. The average Bonchev–Trinajstić information content (AvgIpc) is 3.44. The Morgan fingerprint density at radius 2 is 1.07 bits per heavy atom. The van der Waals surface area contributed by atoms with Crippen LogP contribution in [0.5, 0.6) is 0 Å². The molecule has 0 aromatic heterocycles. The van der Waals surface area contributed by atoms with Crippen molar-refractivity contribution in [3.05, 3.63) is 139 Å². The van der Waals surface area contributed by atoms with Crippen molar-refractivity contribution in [2.24, 2.45) is 0 Å². The molecule has 0 aliphatic carbocycles. The monoisotopic (exact) mass is 654 g/mol. The van der Waals surface area contributed by atoms with E-state index in [4.69, 9.17) is 0 Å². The number of benzene rings is 4. The van der Waals surface area contributed by atoms with Crippen molar-refractivity contribution in [3.8, 4) is 0 Å². The van der Waals surface area contributed by atoms with Gasteiger partial charge >= 0.3 is 19.5 Å². The summed E-state index contributed by atoms with van der Waals surface area (Å²) in [4.78, 5) is 4.71. The fourth-order valence-electron chi connectivity index (χ4n) is 5.80. The van der Waals surface area contributed by atoms with E-state index in [0.29, 0.717) is 0 Å². The summed E-state index contributed by atoms with van der Waals surface area (Å²) in [5, 5.41) is 10.0. The molecule has 0 spiro atoms. The SMILES string of the molecule is C1=CN2[CH-]N1CCc1ccccc1[PH+](c1ccccc1)CCNCC[PH+](c1ccccc1)c1ccccc1C2.[RuH2+2]. The summed E-state index contributed by atoms with van der Waals surface area (Å²) in [5.74, 6) is 0. The van der Waals surface area contributed by atoms with Gasteiger partial charge in [-0.1, -0.05) is 72.8 Å². The van der Waals surface area contributed by atoms with Gasteiger partial charge < -0.3 is 15.1 Å². The second-order valence-electron chi connectivity index (χ2n) is 10.3. The Balaban J connectivity index is 0.00000323. The second-order valence-corrected chi connectivity index (χ2v) is 15.5. The van der Waals surface area contributed by atoms with Crippen molar-refractivity contribution in [2.45, 2.75) is 13.0 Å². The van der Waals surface area contributed by atoms with Gasteiger partial charge in [-0.25, -0.2) is 0 Å². The zero-order chi connectivity index (χ0) is 26.3. The molecule has 2 unspecified atom stereocenters. The molecule has 0 radical (unpaired) electrons. The molecular formula is C34H40N3P2Ru+3. The first-order chi connectivity index (χ1) is 19.3. The molecular weight excluding hydrogens is 613 g/mol. The van der Waals surface area contributed by atoms with Crippen LogP contribution in [-0.2, 0) is 32.4 Å². The summed E-state index contributed by atoms with van der Waals surface area (Å²) >= 11 is 0. The van der Waals surface area contributed by atoms with E-state index in [-0.39, 0.29) is 19.5 Å². The molecule has 1 N–H and O–H groups in total. The van der Waals surface area contributed by atoms with Crippen molar-refractivity contribution in [2.75, 3.05) is 32.0 Å². The molecule has 0 saturated carbocycles. The molecule has 0 amide bonds. The van der Waals surface area contributed by atoms with Gasteiger partial charge in [0.15, 0.2) is 0 Å². The predicted octanol–water partition coefficient (Wildman–Crippen LogP) is 4.03. The Kier molecular flexibility index (Phi) is 10.6. The van der Waals surface area contributed by atoms with Crippen molar-refractivity contribution < 1.29 is 19.5 Å². The number of fused-ring (bicyclic) bond motifs is 4. The molecule has 2 aliphatic heterocycles. The van der Waals surface area contributed by atoms with E-state index in [0.717, 1.165) is 32.6 Å². The van der Waals surface area contributed by atoms with Gasteiger partial charge in [-0.2, -0.15) is 6.67 Å². The van der Waals surface area contributed by atoms with Crippen molar-refractivity contribution in [1.29, 1.82) is 0 Å². The minimum absolute atomic E-state index is 0. The topological polar surface area (TPSA) is 18.5 Å². The van der Waals surface area contributed by atoms with Crippen LogP contribution in [0.4, 0.5) is 0 Å². The third-order valence-corrected chi connectivity index (χ3v) is 13.6. The predicted molar refractivity (Wildman–Crippen MR) is 176 cm³/mol. The van der Waals surface area contributed by atoms with Crippen LogP contribution < -0.4 is 26.5 Å². The summed E-state index contributed by atoms with van der Waals surface area (Å²) in [6.45, 7) is 6.30. The van der Waals surface area contributed by atoms with Crippen LogP contribution in [0, 0.1) is 6.67 Å². The van der Waals surface area contributed by atoms with E-state index in [1.807, 2.05) is 0 Å². The molecule has 6 heteroatoms. The Labute approximate surface area is 255 Å². The summed E-state index contributed by atoms with van der Waals surface area (Å²) < 4.78 is 0. The van der Waals surface area contributed by atoms with Crippen LogP contribution in [0.3, 0.4) is 0 Å². The first kappa shape index (κ1) is 29.2. The molecule has 206 valence electrons. The number of hydrogen-bond donors (Lipinski definition) is 1. The van der Waals surface area contributed by atoms with E-state index < -0.39 is 15.8 Å². The maximum atomic E-state index is 3.88. The summed E-state index contributed by atoms with van der Waals surface area (Å²) in [6, 6.07) is 40.8. The Hall–Kier alpha value is -2.34. The summed E-state index contributed by atoms with van der Waals surface area (Å²) in [5.41, 5.74) is 2.95. The number of nitrogens with zero attached hydrogens (tertiary/aromatic N) is 2. The molecule has 4 aromatic rings. The molecule has 0 fully saturated rings.